The van der Waals surface area contributed by atoms with Crippen LogP contribution in [0.4, 0.5) is 18.9 Å². The molecule has 0 aliphatic rings. The molecule has 1 aromatic carbocycles. The predicted octanol–water partition coefficient (Wildman–Crippen LogP) is 4.18. The number of halogens is 4. The minimum atomic E-state index is -4.46. The van der Waals surface area contributed by atoms with Crippen molar-refractivity contribution in [1.82, 2.24) is 4.98 Å². The van der Waals surface area contributed by atoms with Crippen LogP contribution < -0.4 is 5.32 Å². The van der Waals surface area contributed by atoms with Crippen LogP contribution in [0.25, 0.3) is 0 Å². The van der Waals surface area contributed by atoms with E-state index in [2.05, 4.69) is 26.2 Å². The molecule has 0 atom stereocenters. The number of hydrogen-bond donors (Lipinski definition) is 1. The Morgan fingerprint density at radius 1 is 1.37 bits per heavy atom. The number of amides is 1. The predicted molar refractivity (Wildman–Crippen MR) is 69.2 cm³/mol. The van der Waals surface area contributed by atoms with Crippen molar-refractivity contribution in [3.05, 3.63) is 44.8 Å². The van der Waals surface area contributed by atoms with Crippen molar-refractivity contribution in [3.8, 4) is 0 Å². The Balaban J connectivity index is 2.27. The zero-order valence-corrected chi connectivity index (χ0v) is 11.6. The zero-order valence-electron chi connectivity index (χ0n) is 9.16. The molecule has 2 aromatic rings. The van der Waals surface area contributed by atoms with Gasteiger partial charge in [0.1, 0.15) is 5.69 Å². The minimum absolute atomic E-state index is 0.0489. The summed E-state index contributed by atoms with van der Waals surface area (Å²) in [5.41, 5.74) is 0.849. The average Bonchev–Trinajstić information content (AvgIpc) is 2.84. The van der Waals surface area contributed by atoms with E-state index in [4.69, 9.17) is 0 Å². The summed E-state index contributed by atoms with van der Waals surface area (Å²) in [5.74, 6) is -0.554. The number of carbonyl (C=O) groups excluding carboxylic acids is 1. The van der Waals surface area contributed by atoms with Gasteiger partial charge in [0.2, 0.25) is 0 Å². The summed E-state index contributed by atoms with van der Waals surface area (Å²) >= 11 is 4.32. The summed E-state index contributed by atoms with van der Waals surface area (Å²) in [7, 11) is 0. The maximum absolute atomic E-state index is 12.6. The van der Waals surface area contributed by atoms with E-state index in [9.17, 15) is 18.0 Å². The summed E-state index contributed by atoms with van der Waals surface area (Å²) < 4.78 is 38.1. The lowest BCUT2D eigenvalue weighted by atomic mass is 10.2. The second-order valence-corrected chi connectivity index (χ2v) is 5.09. The highest BCUT2D eigenvalue weighted by atomic mass is 79.9. The van der Waals surface area contributed by atoms with Crippen LogP contribution in [0.5, 0.6) is 0 Å². The van der Waals surface area contributed by atoms with Gasteiger partial charge in [0.25, 0.3) is 5.91 Å². The highest BCUT2D eigenvalue weighted by Gasteiger charge is 2.31. The van der Waals surface area contributed by atoms with Crippen molar-refractivity contribution in [3.63, 3.8) is 0 Å². The molecule has 0 saturated carbocycles. The number of carbonyl (C=O) groups is 1. The van der Waals surface area contributed by atoms with Crippen molar-refractivity contribution in [2.75, 3.05) is 5.32 Å². The molecule has 1 aromatic heterocycles. The highest BCUT2D eigenvalue weighted by molar-refractivity contribution is 9.10. The number of nitrogens with zero attached hydrogens (tertiary/aromatic N) is 1. The van der Waals surface area contributed by atoms with Crippen LogP contribution in [0.3, 0.4) is 0 Å². The largest absolute Gasteiger partial charge is 0.416 e. The fourth-order valence-electron chi connectivity index (χ4n) is 1.31. The lowest BCUT2D eigenvalue weighted by Gasteiger charge is -2.11. The molecule has 2 rings (SSSR count). The molecule has 0 bridgehead atoms. The standard InChI is InChI=1S/C11H6BrF3N2OS/c12-7-2-1-6(11(13,14)15)3-8(7)17-10(18)9-4-19-5-16-9/h1-5H,(H,17,18). The van der Waals surface area contributed by atoms with Crippen LogP contribution in [0.15, 0.2) is 33.6 Å². The first-order valence-electron chi connectivity index (χ1n) is 4.94. The number of aromatic nitrogens is 1. The first kappa shape index (κ1) is 14.0. The smallest absolute Gasteiger partial charge is 0.320 e. The van der Waals surface area contributed by atoms with Crippen LogP contribution in [0.2, 0.25) is 0 Å². The fraction of sp³-hybridized carbons (Fsp3) is 0.0909. The molecule has 0 aliphatic carbocycles. The van der Waals surface area contributed by atoms with Gasteiger partial charge >= 0.3 is 6.18 Å². The van der Waals surface area contributed by atoms with Gasteiger partial charge in [0.15, 0.2) is 0 Å². The van der Waals surface area contributed by atoms with E-state index in [1.807, 2.05) is 0 Å². The molecule has 0 radical (unpaired) electrons. The summed E-state index contributed by atoms with van der Waals surface area (Å²) in [6.45, 7) is 0. The van der Waals surface area contributed by atoms with E-state index in [0.717, 1.165) is 12.1 Å². The Hall–Kier alpha value is -1.41. The minimum Gasteiger partial charge on any atom is -0.320 e. The molecule has 8 heteroatoms. The van der Waals surface area contributed by atoms with Crippen molar-refractivity contribution in [2.24, 2.45) is 0 Å². The van der Waals surface area contributed by atoms with Crippen molar-refractivity contribution < 1.29 is 18.0 Å². The molecule has 0 spiro atoms. The van der Waals surface area contributed by atoms with Crippen molar-refractivity contribution >= 4 is 38.9 Å². The molecule has 3 nitrogen and oxygen atoms in total. The third-order valence-electron chi connectivity index (χ3n) is 2.21. The number of thiazole rings is 1. The van der Waals surface area contributed by atoms with Gasteiger partial charge in [-0.15, -0.1) is 11.3 Å². The van der Waals surface area contributed by atoms with Gasteiger partial charge in [-0.25, -0.2) is 4.98 Å². The van der Waals surface area contributed by atoms with Crippen molar-refractivity contribution in [1.29, 1.82) is 0 Å². The number of nitrogens with one attached hydrogen (secondary N) is 1. The average molecular weight is 351 g/mol. The summed E-state index contributed by atoms with van der Waals surface area (Å²) in [5, 5.41) is 3.89. The molecular weight excluding hydrogens is 345 g/mol. The van der Waals surface area contributed by atoms with E-state index in [1.54, 1.807) is 0 Å². The third-order valence-corrected chi connectivity index (χ3v) is 3.48. The van der Waals surface area contributed by atoms with Gasteiger partial charge < -0.3 is 5.32 Å². The number of benzene rings is 1. The topological polar surface area (TPSA) is 42.0 Å². The summed E-state index contributed by atoms with van der Waals surface area (Å²) in [6, 6.07) is 3.04. The molecule has 19 heavy (non-hydrogen) atoms. The van der Waals surface area contributed by atoms with E-state index >= 15 is 0 Å². The summed E-state index contributed by atoms with van der Waals surface area (Å²) in [6.07, 6.45) is -4.46. The lowest BCUT2D eigenvalue weighted by Crippen LogP contribution is -2.14. The lowest BCUT2D eigenvalue weighted by molar-refractivity contribution is -0.137. The molecule has 1 N–H and O–H groups in total. The van der Waals surface area contributed by atoms with Crippen LogP contribution in [-0.4, -0.2) is 10.9 Å². The van der Waals surface area contributed by atoms with Crippen LogP contribution in [0.1, 0.15) is 16.1 Å². The third kappa shape index (κ3) is 3.32. The normalized spacial score (nSPS) is 11.4. The van der Waals surface area contributed by atoms with Gasteiger partial charge in [-0.1, -0.05) is 0 Å². The van der Waals surface area contributed by atoms with Crippen LogP contribution >= 0.6 is 27.3 Å². The van der Waals surface area contributed by atoms with Gasteiger partial charge in [-0.2, -0.15) is 13.2 Å². The van der Waals surface area contributed by atoms with E-state index < -0.39 is 17.6 Å². The summed E-state index contributed by atoms with van der Waals surface area (Å²) in [4.78, 5) is 15.5. The molecular formula is C11H6BrF3N2OS. The number of alkyl halides is 3. The Morgan fingerprint density at radius 3 is 2.68 bits per heavy atom. The highest BCUT2D eigenvalue weighted by Crippen LogP contribution is 2.34. The van der Waals surface area contributed by atoms with E-state index in [0.29, 0.717) is 4.47 Å². The van der Waals surface area contributed by atoms with E-state index in [1.165, 1.54) is 28.3 Å². The molecule has 0 saturated heterocycles. The monoisotopic (exact) mass is 350 g/mol. The Bertz CT molecular complexity index is 598. The first-order valence-corrected chi connectivity index (χ1v) is 6.68. The maximum Gasteiger partial charge on any atom is 0.416 e. The Labute approximate surface area is 118 Å². The molecule has 1 amide bonds. The van der Waals surface area contributed by atoms with Gasteiger partial charge in [-0.3, -0.25) is 4.79 Å². The first-order chi connectivity index (χ1) is 8.88. The maximum atomic E-state index is 12.6. The van der Waals surface area contributed by atoms with Crippen LogP contribution in [0, 0.1) is 0 Å². The number of anilines is 1. The van der Waals surface area contributed by atoms with Crippen LogP contribution in [-0.2, 0) is 6.18 Å². The molecule has 1 heterocycles. The molecule has 0 unspecified atom stereocenters. The van der Waals surface area contributed by atoms with Gasteiger partial charge in [0, 0.05) is 9.85 Å². The van der Waals surface area contributed by atoms with Gasteiger partial charge in [0.05, 0.1) is 16.8 Å². The number of hydrogen-bond acceptors (Lipinski definition) is 3. The molecule has 0 aliphatic heterocycles. The van der Waals surface area contributed by atoms with Gasteiger partial charge in [-0.05, 0) is 34.1 Å². The SMILES string of the molecule is O=C(Nc1cc(C(F)(F)F)ccc1Br)c1cscn1. The Kier molecular flexibility index (Phi) is 3.91. The van der Waals surface area contributed by atoms with E-state index in [-0.39, 0.29) is 11.4 Å². The van der Waals surface area contributed by atoms with Crippen molar-refractivity contribution in [2.45, 2.75) is 6.18 Å². The molecule has 100 valence electrons. The fourth-order valence-corrected chi connectivity index (χ4v) is 2.19. The number of rotatable bonds is 2. The molecule has 0 fully saturated rings. The Morgan fingerprint density at radius 2 is 2.11 bits per heavy atom. The second kappa shape index (κ2) is 5.30. The quantitative estimate of drug-likeness (QED) is 0.882. The zero-order chi connectivity index (χ0) is 14.0. The second-order valence-electron chi connectivity index (χ2n) is 3.52.